The van der Waals surface area contributed by atoms with E-state index in [0.29, 0.717) is 0 Å². The fourth-order valence-electron chi connectivity index (χ4n) is 3.45. The molecule has 2 atom stereocenters. The van der Waals surface area contributed by atoms with E-state index in [0.717, 1.165) is 12.1 Å². The fourth-order valence-corrected chi connectivity index (χ4v) is 3.45. The van der Waals surface area contributed by atoms with E-state index in [2.05, 4.69) is 27.7 Å². The molecular weight excluding hydrogens is 158 g/mol. The van der Waals surface area contributed by atoms with Crippen LogP contribution in [0.15, 0.2) is 0 Å². The topological polar surface area (TPSA) is 0 Å². The number of hydrogen-bond donors (Lipinski definition) is 0. The fraction of sp³-hybridized carbons (Fsp3) is 1.00. The first-order valence-electron chi connectivity index (χ1n) is 6.07. The van der Waals surface area contributed by atoms with Crippen LogP contribution in [0.5, 0.6) is 0 Å². The Labute approximate surface area is 83.7 Å². The Kier molecular flexibility index (Phi) is 3.78. The predicted molar refractivity (Wildman–Crippen MR) is 58.7 cm³/mol. The highest BCUT2D eigenvalue weighted by Crippen LogP contribution is 2.32. The lowest BCUT2D eigenvalue weighted by Gasteiger charge is -2.51. The zero-order chi connectivity index (χ0) is 9.90. The Morgan fingerprint density at radius 2 is 1.69 bits per heavy atom. The molecule has 13 heavy (non-hydrogen) atoms. The van der Waals surface area contributed by atoms with E-state index in [-0.39, 0.29) is 0 Å². The average Bonchev–Trinajstić information content (AvgIpc) is 2.18. The second kappa shape index (κ2) is 4.45. The van der Waals surface area contributed by atoms with Gasteiger partial charge in [-0.3, -0.25) is 0 Å². The zero-order valence-electron chi connectivity index (χ0n) is 9.84. The van der Waals surface area contributed by atoms with Crippen LogP contribution in [0.2, 0.25) is 0 Å². The van der Waals surface area contributed by atoms with E-state index in [9.17, 15) is 0 Å². The van der Waals surface area contributed by atoms with E-state index < -0.39 is 0 Å². The summed E-state index contributed by atoms with van der Waals surface area (Å²) in [5.74, 6) is 0. The van der Waals surface area contributed by atoms with E-state index in [1.807, 2.05) is 0 Å². The number of piperidine rings is 1. The van der Waals surface area contributed by atoms with Crippen LogP contribution in [-0.4, -0.2) is 29.7 Å². The summed E-state index contributed by atoms with van der Waals surface area (Å²) in [7, 11) is 0. The molecule has 1 saturated heterocycles. The van der Waals surface area contributed by atoms with Gasteiger partial charge in [-0.25, -0.2) is 0 Å². The van der Waals surface area contributed by atoms with Gasteiger partial charge in [0.2, 0.25) is 0 Å². The Morgan fingerprint density at radius 1 is 1.08 bits per heavy atom. The van der Waals surface area contributed by atoms with Crippen LogP contribution in [0.25, 0.3) is 0 Å². The molecule has 0 aromatic heterocycles. The van der Waals surface area contributed by atoms with Crippen molar-refractivity contribution in [2.45, 2.75) is 65.5 Å². The average molecular weight is 184 g/mol. The molecule has 1 aliphatic heterocycles. The minimum Gasteiger partial charge on any atom is -0.319 e. The van der Waals surface area contributed by atoms with Gasteiger partial charge in [0.25, 0.3) is 0 Å². The van der Waals surface area contributed by atoms with Crippen LogP contribution in [0.1, 0.15) is 53.4 Å². The Balaban J connectivity index is 2.81. The Bertz CT molecular complexity index is 149. The molecule has 0 saturated carbocycles. The first kappa shape index (κ1) is 11.0. The summed E-state index contributed by atoms with van der Waals surface area (Å²) in [6.07, 6.45) is 5.73. The molecule has 1 rings (SSSR count). The first-order chi connectivity index (χ1) is 6.21. The maximum Gasteiger partial charge on any atom is 0.0889 e. The number of quaternary nitrogens is 1. The van der Waals surface area contributed by atoms with E-state index in [1.54, 1.807) is 0 Å². The van der Waals surface area contributed by atoms with E-state index >= 15 is 0 Å². The quantitative estimate of drug-likeness (QED) is 0.591. The lowest BCUT2D eigenvalue weighted by Crippen LogP contribution is -2.62. The highest BCUT2D eigenvalue weighted by molar-refractivity contribution is 4.70. The summed E-state index contributed by atoms with van der Waals surface area (Å²) < 4.78 is 1.39. The van der Waals surface area contributed by atoms with Crippen molar-refractivity contribution in [1.82, 2.24) is 0 Å². The van der Waals surface area contributed by atoms with Crippen LogP contribution in [0, 0.1) is 0 Å². The Hall–Kier alpha value is -0.0400. The van der Waals surface area contributed by atoms with Gasteiger partial charge in [0.05, 0.1) is 25.2 Å². The number of likely N-dealkylation sites (tertiary alicyclic amines) is 1. The molecule has 1 heteroatoms. The maximum absolute atomic E-state index is 2.45. The molecule has 1 nitrogen and oxygen atoms in total. The van der Waals surface area contributed by atoms with Crippen LogP contribution < -0.4 is 0 Å². The minimum absolute atomic E-state index is 0.897. The van der Waals surface area contributed by atoms with Crippen LogP contribution in [-0.2, 0) is 0 Å². The molecule has 1 heterocycles. The predicted octanol–water partition coefficient (Wildman–Crippen LogP) is 3.19. The van der Waals surface area contributed by atoms with Gasteiger partial charge in [-0.2, -0.15) is 0 Å². The lowest BCUT2D eigenvalue weighted by atomic mass is 9.91. The summed E-state index contributed by atoms with van der Waals surface area (Å²) >= 11 is 0. The second-order valence-electron chi connectivity index (χ2n) is 4.58. The van der Waals surface area contributed by atoms with Crippen LogP contribution >= 0.6 is 0 Å². The van der Waals surface area contributed by atoms with Crippen molar-refractivity contribution in [3.05, 3.63) is 0 Å². The lowest BCUT2D eigenvalue weighted by molar-refractivity contribution is -0.973. The number of nitrogens with zero attached hydrogens (tertiary/aromatic N) is 1. The molecule has 0 radical (unpaired) electrons. The zero-order valence-corrected chi connectivity index (χ0v) is 9.84. The summed E-state index contributed by atoms with van der Waals surface area (Å²) in [5.41, 5.74) is 0. The van der Waals surface area contributed by atoms with Crippen molar-refractivity contribution >= 4 is 0 Å². The SMILES string of the molecule is CCC1CCCC(C)[N+]1(CC)CC. The monoisotopic (exact) mass is 184 g/mol. The number of rotatable bonds is 3. The molecule has 0 aromatic carbocycles. The molecule has 0 N–H and O–H groups in total. The van der Waals surface area contributed by atoms with Crippen molar-refractivity contribution < 1.29 is 4.48 Å². The van der Waals surface area contributed by atoms with Gasteiger partial charge >= 0.3 is 0 Å². The third kappa shape index (κ3) is 1.76. The van der Waals surface area contributed by atoms with Gasteiger partial charge in [0.1, 0.15) is 0 Å². The second-order valence-corrected chi connectivity index (χ2v) is 4.58. The third-order valence-electron chi connectivity index (χ3n) is 4.41. The summed E-state index contributed by atoms with van der Waals surface area (Å²) in [5, 5.41) is 0. The van der Waals surface area contributed by atoms with Crippen molar-refractivity contribution in [2.24, 2.45) is 0 Å². The summed E-state index contributed by atoms with van der Waals surface area (Å²) in [6, 6.07) is 1.84. The maximum atomic E-state index is 2.45. The molecule has 2 unspecified atom stereocenters. The molecule has 0 aromatic rings. The van der Waals surface area contributed by atoms with Gasteiger partial charge in [-0.1, -0.05) is 6.92 Å². The van der Waals surface area contributed by atoms with Gasteiger partial charge in [0.15, 0.2) is 0 Å². The summed E-state index contributed by atoms with van der Waals surface area (Å²) in [4.78, 5) is 0. The Morgan fingerprint density at radius 3 is 2.08 bits per heavy atom. The highest BCUT2D eigenvalue weighted by Gasteiger charge is 2.40. The van der Waals surface area contributed by atoms with E-state index in [1.165, 1.54) is 43.3 Å². The smallest absolute Gasteiger partial charge is 0.0889 e. The molecule has 78 valence electrons. The van der Waals surface area contributed by atoms with Crippen molar-refractivity contribution in [3.8, 4) is 0 Å². The largest absolute Gasteiger partial charge is 0.319 e. The minimum atomic E-state index is 0.897. The molecular formula is C12H26N+. The first-order valence-corrected chi connectivity index (χ1v) is 6.07. The molecule has 1 aliphatic rings. The van der Waals surface area contributed by atoms with Gasteiger partial charge in [-0.05, 0) is 46.5 Å². The van der Waals surface area contributed by atoms with Crippen LogP contribution in [0.3, 0.4) is 0 Å². The highest BCUT2D eigenvalue weighted by atomic mass is 15.4. The molecule has 0 bridgehead atoms. The van der Waals surface area contributed by atoms with Crippen molar-refractivity contribution in [2.75, 3.05) is 13.1 Å². The molecule has 0 amide bonds. The molecule has 0 spiro atoms. The van der Waals surface area contributed by atoms with E-state index in [4.69, 9.17) is 0 Å². The summed E-state index contributed by atoms with van der Waals surface area (Å²) in [6.45, 7) is 12.2. The van der Waals surface area contributed by atoms with Crippen molar-refractivity contribution in [3.63, 3.8) is 0 Å². The number of hydrogen-bond acceptors (Lipinski definition) is 0. The van der Waals surface area contributed by atoms with Crippen LogP contribution in [0.4, 0.5) is 0 Å². The molecule has 0 aliphatic carbocycles. The van der Waals surface area contributed by atoms with Crippen molar-refractivity contribution in [1.29, 1.82) is 0 Å². The third-order valence-corrected chi connectivity index (χ3v) is 4.41. The van der Waals surface area contributed by atoms with Gasteiger partial charge in [0, 0.05) is 0 Å². The van der Waals surface area contributed by atoms with Gasteiger partial charge < -0.3 is 4.48 Å². The normalized spacial score (nSPS) is 33.2. The standard InChI is InChI=1S/C12H26N/c1-5-12-10-8-9-11(4)13(12,6-2)7-3/h11-12H,5-10H2,1-4H3/q+1. The van der Waals surface area contributed by atoms with Gasteiger partial charge in [-0.15, -0.1) is 0 Å². The molecule has 1 fully saturated rings.